The number of hydrogen-bond donors (Lipinski definition) is 2. The topological polar surface area (TPSA) is 24.1 Å². The molecule has 0 saturated carbocycles. The molecule has 0 saturated heterocycles. The first-order chi connectivity index (χ1) is 5.66. The van der Waals surface area contributed by atoms with Crippen LogP contribution < -0.4 is 10.6 Å². The average molecular weight is 172 g/mol. The van der Waals surface area contributed by atoms with Gasteiger partial charge in [-0.15, -0.1) is 0 Å². The van der Waals surface area contributed by atoms with Crippen molar-refractivity contribution in [2.24, 2.45) is 11.8 Å². The summed E-state index contributed by atoms with van der Waals surface area (Å²) in [4.78, 5) is 0. The molecular formula is C10H24N2. The van der Waals surface area contributed by atoms with Crippen molar-refractivity contribution in [3.05, 3.63) is 0 Å². The molecule has 0 heterocycles. The fourth-order valence-corrected chi connectivity index (χ4v) is 1.11. The second kappa shape index (κ2) is 7.56. The van der Waals surface area contributed by atoms with Gasteiger partial charge in [-0.1, -0.05) is 20.8 Å². The smallest absolute Gasteiger partial charge is 0.00226 e. The molecule has 0 bridgehead atoms. The number of rotatable bonds is 7. The Kier molecular flexibility index (Phi) is 7.51. The van der Waals surface area contributed by atoms with Crippen molar-refractivity contribution in [2.45, 2.75) is 27.2 Å². The summed E-state index contributed by atoms with van der Waals surface area (Å²) in [6, 6.07) is 0. The van der Waals surface area contributed by atoms with Gasteiger partial charge in [-0.25, -0.2) is 0 Å². The molecule has 2 nitrogen and oxygen atoms in total. The molecule has 0 aliphatic carbocycles. The summed E-state index contributed by atoms with van der Waals surface area (Å²) < 4.78 is 0. The van der Waals surface area contributed by atoms with Gasteiger partial charge in [-0.3, -0.25) is 0 Å². The van der Waals surface area contributed by atoms with E-state index in [1.54, 1.807) is 0 Å². The summed E-state index contributed by atoms with van der Waals surface area (Å²) in [6.07, 6.45) is 1.27. The third kappa shape index (κ3) is 8.02. The van der Waals surface area contributed by atoms with Crippen molar-refractivity contribution >= 4 is 0 Å². The normalized spacial score (nSPS) is 13.8. The Morgan fingerprint density at radius 3 is 2.25 bits per heavy atom. The fraction of sp³-hybridized carbons (Fsp3) is 1.00. The Bertz CT molecular complexity index is 91.8. The van der Waals surface area contributed by atoms with Gasteiger partial charge < -0.3 is 10.6 Å². The molecule has 2 N–H and O–H groups in total. The van der Waals surface area contributed by atoms with Crippen molar-refractivity contribution in [3.8, 4) is 0 Å². The lowest BCUT2D eigenvalue weighted by molar-refractivity contribution is 0.448. The van der Waals surface area contributed by atoms with Gasteiger partial charge in [0.05, 0.1) is 0 Å². The molecule has 0 unspecified atom stereocenters. The SMILES string of the molecule is CNCC[C@@H](C)CNCC(C)C. The fourth-order valence-electron chi connectivity index (χ4n) is 1.11. The second-order valence-electron chi connectivity index (χ2n) is 4.05. The van der Waals surface area contributed by atoms with Crippen LogP contribution in [0.5, 0.6) is 0 Å². The summed E-state index contributed by atoms with van der Waals surface area (Å²) in [5, 5.41) is 6.64. The zero-order valence-corrected chi connectivity index (χ0v) is 8.98. The molecule has 0 aromatic rings. The lowest BCUT2D eigenvalue weighted by Crippen LogP contribution is -2.26. The highest BCUT2D eigenvalue weighted by molar-refractivity contribution is 4.59. The van der Waals surface area contributed by atoms with E-state index in [0.29, 0.717) is 0 Å². The van der Waals surface area contributed by atoms with Gasteiger partial charge in [0.15, 0.2) is 0 Å². The maximum absolute atomic E-state index is 3.47. The van der Waals surface area contributed by atoms with E-state index in [4.69, 9.17) is 0 Å². The van der Waals surface area contributed by atoms with Crippen molar-refractivity contribution < 1.29 is 0 Å². The van der Waals surface area contributed by atoms with E-state index in [9.17, 15) is 0 Å². The molecule has 0 rings (SSSR count). The molecule has 1 atom stereocenters. The van der Waals surface area contributed by atoms with Crippen LogP contribution in [0.4, 0.5) is 0 Å². The summed E-state index contributed by atoms with van der Waals surface area (Å²) >= 11 is 0. The van der Waals surface area contributed by atoms with Crippen LogP contribution in [0.25, 0.3) is 0 Å². The molecule has 74 valence electrons. The van der Waals surface area contributed by atoms with Crippen molar-refractivity contribution in [2.75, 3.05) is 26.7 Å². The summed E-state index contributed by atoms with van der Waals surface area (Å²) in [5.41, 5.74) is 0. The molecule has 0 aromatic carbocycles. The van der Waals surface area contributed by atoms with E-state index < -0.39 is 0 Å². The predicted molar refractivity (Wildman–Crippen MR) is 55.4 cm³/mol. The standard InChI is InChI=1S/C10H24N2/c1-9(2)7-12-8-10(3)5-6-11-4/h9-12H,5-8H2,1-4H3/t10-/m1/s1. The monoisotopic (exact) mass is 172 g/mol. The first-order valence-corrected chi connectivity index (χ1v) is 5.02. The van der Waals surface area contributed by atoms with Crippen molar-refractivity contribution in [3.63, 3.8) is 0 Å². The number of nitrogens with one attached hydrogen (secondary N) is 2. The predicted octanol–water partition coefficient (Wildman–Crippen LogP) is 1.48. The zero-order chi connectivity index (χ0) is 9.40. The Balaban J connectivity index is 3.13. The second-order valence-corrected chi connectivity index (χ2v) is 4.05. The maximum atomic E-state index is 3.47. The summed E-state index contributed by atoms with van der Waals surface area (Å²) in [5.74, 6) is 1.55. The molecule has 0 aliphatic rings. The Morgan fingerprint density at radius 2 is 1.75 bits per heavy atom. The minimum atomic E-state index is 0.765. The quantitative estimate of drug-likeness (QED) is 0.608. The van der Waals surface area contributed by atoms with Crippen LogP contribution in [-0.2, 0) is 0 Å². The van der Waals surface area contributed by atoms with Gasteiger partial charge in [-0.05, 0) is 44.9 Å². The molecule has 2 heteroatoms. The Hall–Kier alpha value is -0.0800. The van der Waals surface area contributed by atoms with Crippen LogP contribution in [0.15, 0.2) is 0 Å². The minimum Gasteiger partial charge on any atom is -0.320 e. The highest BCUT2D eigenvalue weighted by Crippen LogP contribution is 1.98. The van der Waals surface area contributed by atoms with E-state index in [0.717, 1.165) is 31.5 Å². The van der Waals surface area contributed by atoms with Crippen LogP contribution in [0.2, 0.25) is 0 Å². The first kappa shape index (κ1) is 11.9. The molecule has 0 fully saturated rings. The summed E-state index contributed by atoms with van der Waals surface area (Å²) in [7, 11) is 2.01. The third-order valence-electron chi connectivity index (χ3n) is 1.93. The molecule has 0 aromatic heterocycles. The highest BCUT2D eigenvalue weighted by atomic mass is 14.9. The lowest BCUT2D eigenvalue weighted by atomic mass is 10.1. The van der Waals surface area contributed by atoms with Crippen LogP contribution in [0.3, 0.4) is 0 Å². The third-order valence-corrected chi connectivity index (χ3v) is 1.93. The van der Waals surface area contributed by atoms with Gasteiger partial charge in [0.25, 0.3) is 0 Å². The lowest BCUT2D eigenvalue weighted by Gasteiger charge is -2.13. The van der Waals surface area contributed by atoms with Crippen LogP contribution in [0.1, 0.15) is 27.2 Å². The van der Waals surface area contributed by atoms with Gasteiger partial charge in [-0.2, -0.15) is 0 Å². The van der Waals surface area contributed by atoms with E-state index >= 15 is 0 Å². The van der Waals surface area contributed by atoms with E-state index in [1.165, 1.54) is 6.42 Å². The van der Waals surface area contributed by atoms with Crippen LogP contribution >= 0.6 is 0 Å². The molecular weight excluding hydrogens is 148 g/mol. The molecule has 0 amide bonds. The Morgan fingerprint density at radius 1 is 1.08 bits per heavy atom. The first-order valence-electron chi connectivity index (χ1n) is 5.02. The zero-order valence-electron chi connectivity index (χ0n) is 8.98. The van der Waals surface area contributed by atoms with Gasteiger partial charge in [0.1, 0.15) is 0 Å². The van der Waals surface area contributed by atoms with Gasteiger partial charge >= 0.3 is 0 Å². The minimum absolute atomic E-state index is 0.765. The van der Waals surface area contributed by atoms with Crippen molar-refractivity contribution in [1.82, 2.24) is 10.6 Å². The van der Waals surface area contributed by atoms with E-state index in [2.05, 4.69) is 31.4 Å². The summed E-state index contributed by atoms with van der Waals surface area (Å²) in [6.45, 7) is 10.2. The van der Waals surface area contributed by atoms with E-state index in [1.807, 2.05) is 7.05 Å². The van der Waals surface area contributed by atoms with Crippen LogP contribution in [0, 0.1) is 11.8 Å². The molecule has 0 radical (unpaired) electrons. The average Bonchev–Trinajstić information content (AvgIpc) is 2.00. The highest BCUT2D eigenvalue weighted by Gasteiger charge is 2.00. The maximum Gasteiger partial charge on any atom is -0.00226 e. The van der Waals surface area contributed by atoms with Gasteiger partial charge in [0, 0.05) is 0 Å². The largest absolute Gasteiger partial charge is 0.320 e. The van der Waals surface area contributed by atoms with Crippen molar-refractivity contribution in [1.29, 1.82) is 0 Å². The molecule has 12 heavy (non-hydrogen) atoms. The van der Waals surface area contributed by atoms with Crippen LogP contribution in [-0.4, -0.2) is 26.7 Å². The van der Waals surface area contributed by atoms with E-state index in [-0.39, 0.29) is 0 Å². The molecule has 0 aliphatic heterocycles. The van der Waals surface area contributed by atoms with Gasteiger partial charge in [0.2, 0.25) is 0 Å². The molecule has 0 spiro atoms. The Labute approximate surface area is 77.1 Å². The number of hydrogen-bond acceptors (Lipinski definition) is 2.